The highest BCUT2D eigenvalue weighted by molar-refractivity contribution is 5.70. The van der Waals surface area contributed by atoms with Gasteiger partial charge < -0.3 is 24.6 Å². The van der Waals surface area contributed by atoms with Gasteiger partial charge in [0.15, 0.2) is 6.10 Å². The number of esters is 1. The van der Waals surface area contributed by atoms with E-state index >= 15 is 0 Å². The summed E-state index contributed by atoms with van der Waals surface area (Å²) in [5.41, 5.74) is 0.347. The molecule has 2 N–H and O–H groups in total. The van der Waals surface area contributed by atoms with Gasteiger partial charge >= 0.3 is 12.1 Å². The van der Waals surface area contributed by atoms with Crippen LogP contribution in [0.2, 0.25) is 0 Å². The van der Waals surface area contributed by atoms with Gasteiger partial charge in [-0.2, -0.15) is 0 Å². The number of aliphatic hydroxyl groups is 2. The molecule has 4 heterocycles. The molecule has 0 aromatic carbocycles. The van der Waals surface area contributed by atoms with Crippen molar-refractivity contribution in [1.82, 2.24) is 14.8 Å². The molecule has 2 saturated heterocycles. The summed E-state index contributed by atoms with van der Waals surface area (Å²) in [6.45, 7) is 8.94. The zero-order chi connectivity index (χ0) is 34.2. The van der Waals surface area contributed by atoms with E-state index in [4.69, 9.17) is 9.47 Å². The third-order valence-electron chi connectivity index (χ3n) is 9.74. The third kappa shape index (κ3) is 10.7. The number of aliphatic hydroxyl groups excluding tert-OH is 1. The average Bonchev–Trinajstić information content (AvgIpc) is 3.04. The summed E-state index contributed by atoms with van der Waals surface area (Å²) in [5.74, 6) is -3.35. The molecule has 0 bridgehead atoms. The van der Waals surface area contributed by atoms with Crippen molar-refractivity contribution in [3.8, 4) is 0 Å². The molecule has 2 fully saturated rings. The molecule has 0 spiro atoms. The Morgan fingerprint density at radius 1 is 1.15 bits per heavy atom. The lowest BCUT2D eigenvalue weighted by molar-refractivity contribution is -0.151. The van der Waals surface area contributed by atoms with Gasteiger partial charge in [0.1, 0.15) is 11.7 Å². The third-order valence-corrected chi connectivity index (χ3v) is 9.74. The molecule has 1 amide bonds. The number of ether oxygens (including phenoxy) is 2. The Hall–Kier alpha value is -3.15. The number of hydrogen-bond acceptors (Lipinski definition) is 8. The van der Waals surface area contributed by atoms with E-state index in [-0.39, 0.29) is 50.0 Å². The number of nitrogens with zero attached hydrogens (tertiary/aromatic N) is 3. The van der Waals surface area contributed by atoms with Crippen molar-refractivity contribution in [3.05, 3.63) is 66.0 Å². The van der Waals surface area contributed by atoms with Crippen LogP contribution in [0.25, 0.3) is 0 Å². The van der Waals surface area contributed by atoms with Gasteiger partial charge in [-0.3, -0.25) is 14.7 Å². The average molecular weight is 660 g/mol. The van der Waals surface area contributed by atoms with Gasteiger partial charge in [-0.15, -0.1) is 0 Å². The summed E-state index contributed by atoms with van der Waals surface area (Å²) in [6.07, 6.45) is 10.6. The summed E-state index contributed by atoms with van der Waals surface area (Å²) in [6, 6.07) is 4.04. The number of amides is 1. The minimum atomic E-state index is -2.60. The van der Waals surface area contributed by atoms with E-state index in [0.29, 0.717) is 39.0 Å². The highest BCUT2D eigenvalue weighted by atomic mass is 19.3. The van der Waals surface area contributed by atoms with E-state index in [2.05, 4.69) is 16.8 Å². The quantitative estimate of drug-likeness (QED) is 0.224. The van der Waals surface area contributed by atoms with Crippen LogP contribution in [0, 0.1) is 5.92 Å². The monoisotopic (exact) mass is 659 g/mol. The molecular formula is C36H51F2N3O6. The lowest BCUT2D eigenvalue weighted by atomic mass is 9.88. The number of alkyl halides is 2. The summed E-state index contributed by atoms with van der Waals surface area (Å²) < 4.78 is 39.0. The van der Waals surface area contributed by atoms with E-state index in [1.54, 1.807) is 30.2 Å². The molecule has 1 aromatic heterocycles. The van der Waals surface area contributed by atoms with Gasteiger partial charge in [-0.25, -0.2) is 13.6 Å². The van der Waals surface area contributed by atoms with E-state index < -0.39 is 41.9 Å². The zero-order valence-electron chi connectivity index (χ0n) is 28.1. The Morgan fingerprint density at radius 3 is 2.51 bits per heavy atom. The molecule has 11 heteroatoms. The van der Waals surface area contributed by atoms with E-state index in [9.17, 15) is 28.6 Å². The first kappa shape index (κ1) is 36.7. The number of pyridine rings is 1. The summed E-state index contributed by atoms with van der Waals surface area (Å²) >= 11 is 0. The number of carbonyl (C=O) groups is 2. The predicted octanol–water partition coefficient (Wildman–Crippen LogP) is 5.79. The maximum absolute atomic E-state index is 13.6. The predicted molar refractivity (Wildman–Crippen MR) is 175 cm³/mol. The van der Waals surface area contributed by atoms with Crippen LogP contribution >= 0.6 is 0 Å². The number of allylic oxidation sites excluding steroid dienone is 3. The number of rotatable bonds is 6. The van der Waals surface area contributed by atoms with Gasteiger partial charge in [0.25, 0.3) is 5.92 Å². The topological polar surface area (TPSA) is 112 Å². The zero-order valence-corrected chi connectivity index (χ0v) is 28.1. The molecule has 6 atom stereocenters. The van der Waals surface area contributed by atoms with Crippen molar-refractivity contribution in [2.75, 3.05) is 26.2 Å². The van der Waals surface area contributed by atoms with Gasteiger partial charge in [0, 0.05) is 69.3 Å². The fourth-order valence-electron chi connectivity index (χ4n) is 6.49. The maximum Gasteiger partial charge on any atom is 0.410 e. The fraction of sp³-hybridized carbons (Fsp3) is 0.639. The summed E-state index contributed by atoms with van der Waals surface area (Å²) in [5, 5.41) is 22.1. The Balaban J connectivity index is 1.44. The van der Waals surface area contributed by atoms with E-state index in [1.807, 2.05) is 50.4 Å². The first-order valence-electron chi connectivity index (χ1n) is 16.8. The molecule has 0 saturated carbocycles. The Kier molecular flexibility index (Phi) is 12.7. The highest BCUT2D eigenvalue weighted by Gasteiger charge is 2.39. The fourth-order valence-corrected chi connectivity index (χ4v) is 6.49. The molecular weight excluding hydrogens is 608 g/mol. The minimum Gasteiger partial charge on any atom is -0.457 e. The van der Waals surface area contributed by atoms with Gasteiger partial charge in [0.2, 0.25) is 0 Å². The SMILES string of the molecule is C/C(=C\C=C\C(C)c1cccnc1)[C@H]1OC(=O)C[C@H](O)CC[C@@](C)(O)[C@@H](OC(=O)N2CCC(N3CCC(F)(F)CC3)CC2)/C=C/[C@@H]1C. The second kappa shape index (κ2) is 16.3. The molecule has 9 nitrogen and oxygen atoms in total. The van der Waals surface area contributed by atoms with Crippen molar-refractivity contribution in [1.29, 1.82) is 0 Å². The number of halogens is 2. The maximum atomic E-state index is 13.6. The summed E-state index contributed by atoms with van der Waals surface area (Å²) in [7, 11) is 0. The lowest BCUT2D eigenvalue weighted by Crippen LogP contribution is -2.51. The van der Waals surface area contributed by atoms with Crippen LogP contribution in [0.1, 0.15) is 84.1 Å². The van der Waals surface area contributed by atoms with Gasteiger partial charge in [-0.1, -0.05) is 44.2 Å². The molecule has 4 rings (SSSR count). The van der Waals surface area contributed by atoms with Crippen LogP contribution in [-0.4, -0.2) is 99.1 Å². The Labute approximate surface area is 277 Å². The first-order chi connectivity index (χ1) is 22.2. The van der Waals surface area contributed by atoms with Crippen LogP contribution < -0.4 is 0 Å². The van der Waals surface area contributed by atoms with Crippen LogP contribution in [0.15, 0.2) is 60.5 Å². The number of aromatic nitrogens is 1. The van der Waals surface area contributed by atoms with Crippen molar-refractivity contribution in [3.63, 3.8) is 0 Å². The Morgan fingerprint density at radius 2 is 1.85 bits per heavy atom. The molecule has 1 unspecified atom stereocenters. The van der Waals surface area contributed by atoms with Crippen molar-refractivity contribution >= 4 is 12.1 Å². The summed E-state index contributed by atoms with van der Waals surface area (Å²) in [4.78, 5) is 34.0. The van der Waals surface area contributed by atoms with Gasteiger partial charge in [0.05, 0.1) is 12.5 Å². The number of hydrogen-bond donors (Lipinski definition) is 2. The molecule has 0 aliphatic carbocycles. The number of piperidine rings is 2. The molecule has 3 aliphatic heterocycles. The van der Waals surface area contributed by atoms with Gasteiger partial charge in [-0.05, 0) is 62.8 Å². The number of carbonyl (C=O) groups excluding carboxylic acids is 2. The van der Waals surface area contributed by atoms with Crippen molar-refractivity contribution < 1.29 is 38.1 Å². The number of cyclic esters (lactones) is 1. The van der Waals surface area contributed by atoms with Crippen LogP contribution in [0.5, 0.6) is 0 Å². The minimum absolute atomic E-state index is 0.0854. The first-order valence-corrected chi connectivity index (χ1v) is 16.8. The van der Waals surface area contributed by atoms with Crippen LogP contribution in [0.4, 0.5) is 13.6 Å². The molecule has 0 radical (unpaired) electrons. The molecule has 1 aromatic rings. The molecule has 3 aliphatic rings. The van der Waals surface area contributed by atoms with Crippen molar-refractivity contribution in [2.24, 2.45) is 5.92 Å². The standard InChI is InChI=1S/C36H51F2N3O6/c1-25(28-9-6-18-39-24-28)7-5-8-26(2)33-27(3)10-11-31(35(4,45)15-12-30(42)23-32(43)47-33)46-34(44)41-19-13-29(14-20-41)40-21-16-36(37,38)17-22-40/h5-11,18,24-25,27,29-31,33,42,45H,12-17,19-23H2,1-4H3/b7-5+,11-10+,26-8+/t25?,27-,30+,31-,33+,35+/m0/s1. The van der Waals surface area contributed by atoms with Crippen LogP contribution in [-0.2, 0) is 14.3 Å². The van der Waals surface area contributed by atoms with E-state index in [1.165, 1.54) is 0 Å². The lowest BCUT2D eigenvalue weighted by Gasteiger charge is -2.42. The smallest absolute Gasteiger partial charge is 0.410 e. The highest BCUT2D eigenvalue weighted by Crippen LogP contribution is 2.31. The van der Waals surface area contributed by atoms with Crippen LogP contribution in [0.3, 0.4) is 0 Å². The second-order valence-corrected chi connectivity index (χ2v) is 13.7. The molecule has 260 valence electrons. The largest absolute Gasteiger partial charge is 0.457 e. The van der Waals surface area contributed by atoms with Crippen molar-refractivity contribution in [2.45, 2.75) is 114 Å². The van der Waals surface area contributed by atoms with E-state index in [0.717, 1.165) is 11.1 Å². The molecule has 47 heavy (non-hydrogen) atoms. The Bertz CT molecular complexity index is 1270. The number of likely N-dealkylation sites (tertiary alicyclic amines) is 2. The second-order valence-electron chi connectivity index (χ2n) is 13.7. The normalized spacial score (nSPS) is 31.8.